The molecule has 1 aromatic heterocycles. The van der Waals surface area contributed by atoms with Gasteiger partial charge in [0.25, 0.3) is 0 Å². The van der Waals surface area contributed by atoms with Crippen LogP contribution in [-0.2, 0) is 13.0 Å². The Morgan fingerprint density at radius 3 is 3.25 bits per heavy atom. The first-order chi connectivity index (χ1) is 5.86. The molecule has 1 aromatic carbocycles. The molecule has 3 rings (SSSR count). The van der Waals surface area contributed by atoms with Crippen LogP contribution in [0.15, 0.2) is 18.2 Å². The Labute approximate surface area is 83.7 Å². The molecule has 0 aliphatic carbocycles. The first-order valence-electron chi connectivity index (χ1n) is 4.00. The van der Waals surface area contributed by atoms with Crippen molar-refractivity contribution in [2.24, 2.45) is 0 Å². The predicted octanol–water partition coefficient (Wildman–Crippen LogP) is 2.20. The Hall–Kier alpha value is -0.580. The minimum Gasteiger partial charge on any atom is -0.263 e. The van der Waals surface area contributed by atoms with Gasteiger partial charge in [-0.25, -0.2) is 0 Å². The van der Waals surface area contributed by atoms with E-state index in [9.17, 15) is 0 Å². The number of aryl methyl sites for hydroxylation is 2. The SMILES string of the molecule is Ic1nn2c3c(cccc13)CC2. The third-order valence-electron chi connectivity index (χ3n) is 2.40. The Balaban J connectivity index is 2.59. The van der Waals surface area contributed by atoms with Gasteiger partial charge in [0.15, 0.2) is 0 Å². The second kappa shape index (κ2) is 2.22. The van der Waals surface area contributed by atoms with E-state index in [2.05, 4.69) is 50.6 Å². The quantitative estimate of drug-likeness (QED) is 0.671. The average Bonchev–Trinajstić information content (AvgIpc) is 2.61. The van der Waals surface area contributed by atoms with Crippen molar-refractivity contribution >= 4 is 33.5 Å². The summed E-state index contributed by atoms with van der Waals surface area (Å²) in [5, 5.41) is 5.77. The molecule has 2 heterocycles. The summed E-state index contributed by atoms with van der Waals surface area (Å²) in [6.07, 6.45) is 1.15. The first-order valence-corrected chi connectivity index (χ1v) is 5.08. The van der Waals surface area contributed by atoms with Crippen LogP contribution in [0, 0.1) is 3.70 Å². The van der Waals surface area contributed by atoms with Crippen molar-refractivity contribution in [1.82, 2.24) is 9.78 Å². The fourth-order valence-corrected chi connectivity index (χ4v) is 2.56. The first kappa shape index (κ1) is 6.88. The summed E-state index contributed by atoms with van der Waals surface area (Å²) in [5.74, 6) is 0. The number of hydrogen-bond acceptors (Lipinski definition) is 1. The van der Waals surface area contributed by atoms with Crippen LogP contribution >= 0.6 is 22.6 Å². The highest BCUT2D eigenvalue weighted by atomic mass is 127. The Kier molecular flexibility index (Phi) is 1.27. The van der Waals surface area contributed by atoms with Crippen LogP contribution in [0.4, 0.5) is 0 Å². The zero-order chi connectivity index (χ0) is 8.13. The molecule has 0 spiro atoms. The Morgan fingerprint density at radius 1 is 1.42 bits per heavy atom. The van der Waals surface area contributed by atoms with Crippen molar-refractivity contribution in [3.8, 4) is 0 Å². The zero-order valence-corrected chi connectivity index (χ0v) is 8.58. The Morgan fingerprint density at radius 2 is 2.33 bits per heavy atom. The lowest BCUT2D eigenvalue weighted by molar-refractivity contribution is 0.666. The molecule has 60 valence electrons. The number of hydrogen-bond donors (Lipinski definition) is 0. The van der Waals surface area contributed by atoms with Gasteiger partial charge in [0.2, 0.25) is 0 Å². The average molecular weight is 270 g/mol. The van der Waals surface area contributed by atoms with Gasteiger partial charge in [-0.15, -0.1) is 0 Å². The highest BCUT2D eigenvalue weighted by molar-refractivity contribution is 14.1. The van der Waals surface area contributed by atoms with E-state index in [1.54, 1.807) is 0 Å². The van der Waals surface area contributed by atoms with Gasteiger partial charge >= 0.3 is 0 Å². The van der Waals surface area contributed by atoms with E-state index < -0.39 is 0 Å². The third-order valence-corrected chi connectivity index (χ3v) is 3.20. The lowest BCUT2D eigenvalue weighted by Gasteiger charge is -1.91. The highest BCUT2D eigenvalue weighted by Crippen LogP contribution is 2.28. The maximum absolute atomic E-state index is 4.46. The second-order valence-corrected chi connectivity index (χ2v) is 4.10. The molecule has 0 N–H and O–H groups in total. The summed E-state index contributed by atoms with van der Waals surface area (Å²) >= 11 is 2.30. The van der Waals surface area contributed by atoms with Gasteiger partial charge in [0.05, 0.1) is 5.52 Å². The van der Waals surface area contributed by atoms with Crippen LogP contribution in [0.3, 0.4) is 0 Å². The minimum absolute atomic E-state index is 1.05. The van der Waals surface area contributed by atoms with E-state index in [0.29, 0.717) is 0 Å². The molecular formula is C9H7IN2. The molecule has 2 aromatic rings. The van der Waals surface area contributed by atoms with E-state index in [0.717, 1.165) is 16.7 Å². The highest BCUT2D eigenvalue weighted by Gasteiger charge is 2.16. The molecule has 2 nitrogen and oxygen atoms in total. The normalized spacial score (nSPS) is 14.4. The van der Waals surface area contributed by atoms with Crippen molar-refractivity contribution in [1.29, 1.82) is 0 Å². The zero-order valence-electron chi connectivity index (χ0n) is 6.42. The van der Waals surface area contributed by atoms with Crippen molar-refractivity contribution in [2.75, 3.05) is 0 Å². The third kappa shape index (κ3) is 0.722. The van der Waals surface area contributed by atoms with Gasteiger partial charge < -0.3 is 0 Å². The number of para-hydroxylation sites is 1. The summed E-state index contributed by atoms with van der Waals surface area (Å²) in [4.78, 5) is 0. The van der Waals surface area contributed by atoms with Crippen molar-refractivity contribution in [3.05, 3.63) is 27.5 Å². The van der Waals surface area contributed by atoms with Crippen LogP contribution < -0.4 is 0 Å². The number of benzene rings is 1. The van der Waals surface area contributed by atoms with E-state index in [4.69, 9.17) is 0 Å². The van der Waals surface area contributed by atoms with Crippen LogP contribution in [0.2, 0.25) is 0 Å². The van der Waals surface area contributed by atoms with E-state index in [-0.39, 0.29) is 0 Å². The second-order valence-electron chi connectivity index (χ2n) is 3.08. The van der Waals surface area contributed by atoms with Crippen LogP contribution in [0.1, 0.15) is 5.56 Å². The van der Waals surface area contributed by atoms with Crippen LogP contribution in [-0.4, -0.2) is 9.78 Å². The molecule has 0 saturated carbocycles. The van der Waals surface area contributed by atoms with Gasteiger partial charge in [0.1, 0.15) is 3.70 Å². The van der Waals surface area contributed by atoms with Gasteiger partial charge in [-0.1, -0.05) is 18.2 Å². The standard InChI is InChI=1S/C9H7IN2/c10-9-7-3-1-2-6-4-5-12(11-9)8(6)7/h1-3H,4-5H2. The molecule has 12 heavy (non-hydrogen) atoms. The molecule has 1 aliphatic rings. The maximum atomic E-state index is 4.46. The van der Waals surface area contributed by atoms with Crippen LogP contribution in [0.5, 0.6) is 0 Å². The molecule has 0 fully saturated rings. The fourth-order valence-electron chi connectivity index (χ4n) is 1.86. The van der Waals surface area contributed by atoms with Gasteiger partial charge in [-0.05, 0) is 34.6 Å². The summed E-state index contributed by atoms with van der Waals surface area (Å²) in [6, 6.07) is 6.47. The molecular weight excluding hydrogens is 263 g/mol. The van der Waals surface area contributed by atoms with E-state index in [1.807, 2.05) is 0 Å². The molecule has 0 bridgehead atoms. The lowest BCUT2D eigenvalue weighted by Crippen LogP contribution is -1.94. The molecule has 0 unspecified atom stereocenters. The number of rotatable bonds is 0. The number of halogens is 1. The van der Waals surface area contributed by atoms with Gasteiger partial charge in [-0.3, -0.25) is 4.68 Å². The lowest BCUT2D eigenvalue weighted by atomic mass is 10.1. The van der Waals surface area contributed by atoms with Crippen molar-refractivity contribution < 1.29 is 0 Å². The van der Waals surface area contributed by atoms with Crippen molar-refractivity contribution in [2.45, 2.75) is 13.0 Å². The molecule has 0 amide bonds. The molecule has 1 aliphatic heterocycles. The van der Waals surface area contributed by atoms with E-state index in [1.165, 1.54) is 16.5 Å². The molecule has 0 radical (unpaired) electrons. The maximum Gasteiger partial charge on any atom is 0.131 e. The fraction of sp³-hybridized carbons (Fsp3) is 0.222. The summed E-state index contributed by atoms with van der Waals surface area (Å²) in [7, 11) is 0. The monoisotopic (exact) mass is 270 g/mol. The van der Waals surface area contributed by atoms with Crippen LogP contribution in [0.25, 0.3) is 10.9 Å². The summed E-state index contributed by atoms with van der Waals surface area (Å²) in [5.41, 5.74) is 2.80. The largest absolute Gasteiger partial charge is 0.263 e. The van der Waals surface area contributed by atoms with Crippen molar-refractivity contribution in [3.63, 3.8) is 0 Å². The molecule has 3 heteroatoms. The summed E-state index contributed by atoms with van der Waals surface area (Å²) < 4.78 is 3.25. The molecule has 0 atom stereocenters. The smallest absolute Gasteiger partial charge is 0.131 e. The summed E-state index contributed by atoms with van der Waals surface area (Å²) in [6.45, 7) is 1.05. The minimum atomic E-state index is 1.05. The van der Waals surface area contributed by atoms with E-state index >= 15 is 0 Å². The Bertz CT molecular complexity index is 459. The number of aromatic nitrogens is 2. The topological polar surface area (TPSA) is 17.8 Å². The van der Waals surface area contributed by atoms with Gasteiger partial charge in [-0.2, -0.15) is 5.10 Å². The number of nitrogens with zero attached hydrogens (tertiary/aromatic N) is 2. The van der Waals surface area contributed by atoms with Gasteiger partial charge in [0, 0.05) is 11.9 Å². The predicted molar refractivity (Wildman–Crippen MR) is 56.2 cm³/mol. The molecule has 0 saturated heterocycles.